The summed E-state index contributed by atoms with van der Waals surface area (Å²) in [6.45, 7) is 0.00995. The fourth-order valence-corrected chi connectivity index (χ4v) is 0.493. The van der Waals surface area contributed by atoms with Crippen LogP contribution in [0.25, 0.3) is 0 Å². The average molecular weight is 124 g/mol. The van der Waals surface area contributed by atoms with Gasteiger partial charge in [0, 0.05) is 0 Å². The van der Waals surface area contributed by atoms with E-state index in [1.165, 1.54) is 12.3 Å². The molecule has 0 unspecified atom stereocenters. The first-order valence-electron chi connectivity index (χ1n) is 2.53. The number of furan rings is 1. The molecule has 1 radical (unpaired) electrons. The molecule has 0 aliphatic rings. The molecule has 0 aliphatic carbocycles. The highest BCUT2D eigenvalue weighted by Crippen LogP contribution is 1.97. The van der Waals surface area contributed by atoms with Gasteiger partial charge < -0.3 is 10.2 Å². The van der Waals surface area contributed by atoms with E-state index in [0.717, 1.165) is 0 Å². The van der Waals surface area contributed by atoms with Gasteiger partial charge in [-0.15, -0.1) is 0 Å². The number of carbonyl (C=O) groups excluding carboxylic acids is 1. The summed E-state index contributed by atoms with van der Waals surface area (Å²) >= 11 is 0. The lowest BCUT2D eigenvalue weighted by molar-refractivity contribution is 0.100. The summed E-state index contributed by atoms with van der Waals surface area (Å²) < 4.78 is 4.54. The zero-order valence-corrected chi connectivity index (χ0v) is 4.76. The summed E-state index contributed by atoms with van der Waals surface area (Å²) in [7, 11) is 0. The third-order valence-electron chi connectivity index (χ3n) is 0.957. The predicted molar refractivity (Wildman–Crippen MR) is 30.9 cm³/mol. The summed E-state index contributed by atoms with van der Waals surface area (Å²) in [4.78, 5) is 10.7. The van der Waals surface area contributed by atoms with Crippen LogP contribution in [0.15, 0.2) is 16.7 Å². The maximum absolute atomic E-state index is 10.7. The summed E-state index contributed by atoms with van der Waals surface area (Å²) in [5.41, 5.74) is 5.47. The Kier molecular flexibility index (Phi) is 1.65. The van der Waals surface area contributed by atoms with Gasteiger partial charge in [0.1, 0.15) is 0 Å². The van der Waals surface area contributed by atoms with Crippen LogP contribution in [0.5, 0.6) is 0 Å². The molecule has 3 heteroatoms. The number of Topliss-reactive ketones (excluding diaryl/α,β-unsaturated/α-hetero) is 1. The van der Waals surface area contributed by atoms with E-state index in [0.29, 0.717) is 5.56 Å². The zero-order valence-electron chi connectivity index (χ0n) is 4.76. The molecule has 0 atom stereocenters. The van der Waals surface area contributed by atoms with Crippen molar-refractivity contribution < 1.29 is 9.21 Å². The van der Waals surface area contributed by atoms with Gasteiger partial charge in [-0.2, -0.15) is 0 Å². The Labute approximate surface area is 52.5 Å². The molecule has 0 amide bonds. The van der Waals surface area contributed by atoms with E-state index in [2.05, 4.69) is 10.7 Å². The zero-order chi connectivity index (χ0) is 6.69. The average Bonchev–Trinajstić information content (AvgIpc) is 2.37. The Balaban J connectivity index is 2.77. The first kappa shape index (κ1) is 6.04. The lowest BCUT2D eigenvalue weighted by Gasteiger charge is -1.85. The minimum absolute atomic E-state index is 0.00995. The maximum Gasteiger partial charge on any atom is 0.180 e. The molecule has 3 nitrogen and oxygen atoms in total. The quantitative estimate of drug-likeness (QED) is 0.574. The second kappa shape index (κ2) is 2.46. The van der Waals surface area contributed by atoms with Crippen molar-refractivity contribution >= 4 is 5.78 Å². The lowest BCUT2D eigenvalue weighted by Crippen LogP contribution is -2.12. The fourth-order valence-electron chi connectivity index (χ4n) is 0.493. The number of carbonyl (C=O) groups is 1. The van der Waals surface area contributed by atoms with Crippen molar-refractivity contribution in [1.82, 2.24) is 0 Å². The highest BCUT2D eigenvalue weighted by Gasteiger charge is 2.02. The van der Waals surface area contributed by atoms with E-state index in [-0.39, 0.29) is 12.3 Å². The lowest BCUT2D eigenvalue weighted by atomic mass is 10.2. The molecule has 9 heavy (non-hydrogen) atoms. The molecule has 1 rings (SSSR count). The van der Waals surface area contributed by atoms with Crippen molar-refractivity contribution in [2.75, 3.05) is 6.54 Å². The fraction of sp³-hybridized carbons (Fsp3) is 0.167. The maximum atomic E-state index is 10.7. The first-order chi connectivity index (χ1) is 4.34. The number of hydrogen-bond acceptors (Lipinski definition) is 3. The van der Waals surface area contributed by atoms with Gasteiger partial charge in [-0.05, 0) is 6.07 Å². The third-order valence-corrected chi connectivity index (χ3v) is 0.957. The van der Waals surface area contributed by atoms with Crippen LogP contribution < -0.4 is 5.73 Å². The summed E-state index contributed by atoms with van der Waals surface area (Å²) in [5.74, 6) is -0.149. The van der Waals surface area contributed by atoms with Crippen molar-refractivity contribution in [2.45, 2.75) is 0 Å². The Morgan fingerprint density at radius 2 is 2.67 bits per heavy atom. The van der Waals surface area contributed by atoms with Gasteiger partial charge in [0.15, 0.2) is 12.0 Å². The minimum Gasteiger partial charge on any atom is -0.460 e. The van der Waals surface area contributed by atoms with Gasteiger partial charge in [-0.25, -0.2) is 0 Å². The van der Waals surface area contributed by atoms with Crippen LogP contribution in [0.1, 0.15) is 10.4 Å². The molecule has 1 aromatic heterocycles. The Bertz CT molecular complexity index is 191. The van der Waals surface area contributed by atoms with E-state index in [9.17, 15) is 4.79 Å². The van der Waals surface area contributed by atoms with Gasteiger partial charge in [-0.3, -0.25) is 4.79 Å². The molecule has 1 heterocycles. The molecule has 0 saturated heterocycles. The van der Waals surface area contributed by atoms with Crippen LogP contribution in [0.3, 0.4) is 0 Å². The molecular formula is C6H6NO2. The van der Waals surface area contributed by atoms with Crippen molar-refractivity contribution in [3.63, 3.8) is 0 Å². The smallest absolute Gasteiger partial charge is 0.180 e. The largest absolute Gasteiger partial charge is 0.460 e. The Morgan fingerprint density at radius 1 is 1.89 bits per heavy atom. The highest BCUT2D eigenvalue weighted by molar-refractivity contribution is 5.96. The number of hydrogen-bond donors (Lipinski definition) is 1. The van der Waals surface area contributed by atoms with Gasteiger partial charge in [0.05, 0.1) is 18.4 Å². The molecule has 0 fully saturated rings. The van der Waals surface area contributed by atoms with Crippen LogP contribution in [-0.2, 0) is 0 Å². The summed E-state index contributed by atoms with van der Waals surface area (Å²) in [6.07, 6.45) is 3.78. The normalized spacial score (nSPS) is 9.44. The van der Waals surface area contributed by atoms with E-state index < -0.39 is 0 Å². The molecule has 0 aromatic carbocycles. The number of rotatable bonds is 2. The highest BCUT2D eigenvalue weighted by atomic mass is 16.3. The van der Waals surface area contributed by atoms with Crippen LogP contribution in [0, 0.1) is 6.26 Å². The summed E-state index contributed by atoms with van der Waals surface area (Å²) in [6, 6.07) is 1.54. The second-order valence-electron chi connectivity index (χ2n) is 1.56. The van der Waals surface area contributed by atoms with Gasteiger partial charge in [-0.1, -0.05) is 0 Å². The monoisotopic (exact) mass is 124 g/mol. The van der Waals surface area contributed by atoms with Crippen LogP contribution in [0.2, 0.25) is 0 Å². The van der Waals surface area contributed by atoms with E-state index in [1.807, 2.05) is 0 Å². The Hall–Kier alpha value is -1.09. The van der Waals surface area contributed by atoms with Crippen molar-refractivity contribution in [3.05, 3.63) is 24.2 Å². The first-order valence-corrected chi connectivity index (χ1v) is 2.53. The summed E-state index contributed by atoms with van der Waals surface area (Å²) in [5, 5.41) is 0. The minimum atomic E-state index is -0.149. The third kappa shape index (κ3) is 1.17. The van der Waals surface area contributed by atoms with Gasteiger partial charge in [0.2, 0.25) is 0 Å². The predicted octanol–water partition coefficient (Wildman–Crippen LogP) is 0.221. The molecular weight excluding hydrogens is 118 g/mol. The van der Waals surface area contributed by atoms with Gasteiger partial charge in [0.25, 0.3) is 0 Å². The molecule has 0 spiro atoms. The van der Waals surface area contributed by atoms with E-state index in [4.69, 9.17) is 5.73 Å². The molecule has 0 saturated carbocycles. The van der Waals surface area contributed by atoms with Crippen LogP contribution in [-0.4, -0.2) is 12.3 Å². The van der Waals surface area contributed by atoms with E-state index >= 15 is 0 Å². The van der Waals surface area contributed by atoms with Crippen molar-refractivity contribution in [1.29, 1.82) is 0 Å². The molecule has 0 bridgehead atoms. The standard InChI is InChI=1S/C6H6NO2/c7-3-6(8)5-1-2-9-4-5/h1-2H,3,7H2. The van der Waals surface area contributed by atoms with E-state index in [1.54, 1.807) is 0 Å². The second-order valence-corrected chi connectivity index (χ2v) is 1.56. The van der Waals surface area contributed by atoms with Crippen molar-refractivity contribution in [2.24, 2.45) is 5.73 Å². The Morgan fingerprint density at radius 3 is 3.11 bits per heavy atom. The SMILES string of the molecule is NCC(=O)c1[c]occ1. The van der Waals surface area contributed by atoms with Crippen LogP contribution in [0.4, 0.5) is 0 Å². The van der Waals surface area contributed by atoms with Crippen LogP contribution >= 0.6 is 0 Å². The van der Waals surface area contributed by atoms with Gasteiger partial charge >= 0.3 is 0 Å². The topological polar surface area (TPSA) is 56.2 Å². The molecule has 0 aliphatic heterocycles. The number of ketones is 1. The number of nitrogens with two attached hydrogens (primary N) is 1. The molecule has 2 N–H and O–H groups in total. The van der Waals surface area contributed by atoms with Crippen molar-refractivity contribution in [3.8, 4) is 0 Å². The molecule has 1 aromatic rings. The molecule has 47 valence electrons.